The van der Waals surface area contributed by atoms with Gasteiger partial charge in [0, 0.05) is 25.0 Å². The van der Waals surface area contributed by atoms with Crippen LogP contribution in [0.3, 0.4) is 0 Å². The van der Waals surface area contributed by atoms with Crippen LogP contribution in [-0.4, -0.2) is 40.2 Å². The summed E-state index contributed by atoms with van der Waals surface area (Å²) in [6.07, 6.45) is 4.51. The molecule has 0 spiro atoms. The van der Waals surface area contributed by atoms with Crippen LogP contribution in [0.1, 0.15) is 51.7 Å². The van der Waals surface area contributed by atoms with E-state index in [1.807, 2.05) is 0 Å². The molecule has 2 rings (SSSR count). The van der Waals surface area contributed by atoms with Crippen LogP contribution >= 0.6 is 0 Å². The third-order valence-corrected chi connectivity index (χ3v) is 3.67. The van der Waals surface area contributed by atoms with E-state index in [0.717, 1.165) is 44.2 Å². The highest BCUT2D eigenvalue weighted by molar-refractivity contribution is 4.88. The van der Waals surface area contributed by atoms with Gasteiger partial charge in [0.05, 0.1) is 6.54 Å². The molecular formula is C14H26N4O. The van der Waals surface area contributed by atoms with E-state index in [2.05, 4.69) is 41.1 Å². The van der Waals surface area contributed by atoms with Gasteiger partial charge in [-0.2, -0.15) is 4.98 Å². The normalized spacial score (nSPS) is 19.7. The molecule has 0 aromatic carbocycles. The molecule has 108 valence electrons. The van der Waals surface area contributed by atoms with E-state index in [1.165, 1.54) is 12.8 Å². The molecule has 1 fully saturated rings. The Bertz CT molecular complexity index is 371. The van der Waals surface area contributed by atoms with Gasteiger partial charge < -0.3 is 9.84 Å². The second-order valence-electron chi connectivity index (χ2n) is 5.67. The van der Waals surface area contributed by atoms with E-state index in [0.29, 0.717) is 12.1 Å². The van der Waals surface area contributed by atoms with Gasteiger partial charge in [-0.15, -0.1) is 0 Å². The number of hydrogen-bond donors (Lipinski definition) is 1. The monoisotopic (exact) mass is 266 g/mol. The lowest BCUT2D eigenvalue weighted by Gasteiger charge is -2.27. The lowest BCUT2D eigenvalue weighted by atomic mass is 10.2. The molecule has 1 atom stereocenters. The van der Waals surface area contributed by atoms with Gasteiger partial charge in [-0.25, -0.2) is 0 Å². The SMILES string of the molecule is CCCc1noc(CN(CC2CCCN2)C(C)C)n1. The van der Waals surface area contributed by atoms with E-state index < -0.39 is 0 Å². The fourth-order valence-corrected chi connectivity index (χ4v) is 2.51. The van der Waals surface area contributed by atoms with Gasteiger partial charge in [-0.1, -0.05) is 12.1 Å². The molecule has 0 saturated carbocycles. The third-order valence-electron chi connectivity index (χ3n) is 3.67. The highest BCUT2D eigenvalue weighted by Gasteiger charge is 2.21. The summed E-state index contributed by atoms with van der Waals surface area (Å²) in [7, 11) is 0. The molecule has 0 bridgehead atoms. The molecule has 1 aromatic rings. The summed E-state index contributed by atoms with van der Waals surface area (Å²) >= 11 is 0. The Morgan fingerprint density at radius 3 is 2.95 bits per heavy atom. The molecule has 19 heavy (non-hydrogen) atoms. The molecule has 1 aromatic heterocycles. The minimum atomic E-state index is 0.490. The fourth-order valence-electron chi connectivity index (χ4n) is 2.51. The van der Waals surface area contributed by atoms with Crippen LogP contribution < -0.4 is 5.32 Å². The first-order chi connectivity index (χ1) is 9.19. The highest BCUT2D eigenvalue weighted by Crippen LogP contribution is 2.12. The van der Waals surface area contributed by atoms with Crippen molar-refractivity contribution in [3.63, 3.8) is 0 Å². The number of rotatable bonds is 7. The molecule has 0 aliphatic carbocycles. The van der Waals surface area contributed by atoms with Gasteiger partial charge in [0.25, 0.3) is 0 Å². The molecular weight excluding hydrogens is 240 g/mol. The first-order valence-electron chi connectivity index (χ1n) is 7.48. The van der Waals surface area contributed by atoms with Crippen LogP contribution in [0.5, 0.6) is 0 Å². The van der Waals surface area contributed by atoms with Crippen molar-refractivity contribution in [2.45, 2.75) is 65.1 Å². The fraction of sp³-hybridized carbons (Fsp3) is 0.857. The van der Waals surface area contributed by atoms with Crippen LogP contribution in [0.4, 0.5) is 0 Å². The van der Waals surface area contributed by atoms with Crippen LogP contribution in [0, 0.1) is 0 Å². The Hall–Kier alpha value is -0.940. The van der Waals surface area contributed by atoms with Crippen LogP contribution in [0.25, 0.3) is 0 Å². The van der Waals surface area contributed by atoms with Gasteiger partial charge in [-0.05, 0) is 39.7 Å². The smallest absolute Gasteiger partial charge is 0.240 e. The Morgan fingerprint density at radius 2 is 2.32 bits per heavy atom. The summed E-state index contributed by atoms with van der Waals surface area (Å²) in [5.74, 6) is 1.58. The summed E-state index contributed by atoms with van der Waals surface area (Å²) in [6.45, 7) is 9.53. The van der Waals surface area contributed by atoms with Gasteiger partial charge in [-0.3, -0.25) is 4.90 Å². The summed E-state index contributed by atoms with van der Waals surface area (Å²) < 4.78 is 5.34. The first kappa shape index (κ1) is 14.5. The van der Waals surface area contributed by atoms with Crippen molar-refractivity contribution in [2.75, 3.05) is 13.1 Å². The Labute approximate surface area is 115 Å². The zero-order valence-corrected chi connectivity index (χ0v) is 12.4. The van der Waals surface area contributed by atoms with Crippen molar-refractivity contribution in [1.29, 1.82) is 0 Å². The highest BCUT2D eigenvalue weighted by atomic mass is 16.5. The van der Waals surface area contributed by atoms with E-state index in [1.54, 1.807) is 0 Å². The maximum atomic E-state index is 5.34. The summed E-state index contributed by atoms with van der Waals surface area (Å²) in [6, 6.07) is 1.10. The number of aryl methyl sites for hydroxylation is 1. The topological polar surface area (TPSA) is 54.2 Å². The van der Waals surface area contributed by atoms with Crippen molar-refractivity contribution in [3.8, 4) is 0 Å². The van der Waals surface area contributed by atoms with Crippen molar-refractivity contribution >= 4 is 0 Å². The Morgan fingerprint density at radius 1 is 1.47 bits per heavy atom. The lowest BCUT2D eigenvalue weighted by Crippen LogP contribution is -2.40. The van der Waals surface area contributed by atoms with Gasteiger partial charge in [0.2, 0.25) is 5.89 Å². The Balaban J connectivity index is 1.90. The molecule has 0 amide bonds. The zero-order chi connectivity index (χ0) is 13.7. The minimum Gasteiger partial charge on any atom is -0.338 e. The molecule has 1 N–H and O–H groups in total. The van der Waals surface area contributed by atoms with Crippen LogP contribution in [0.2, 0.25) is 0 Å². The standard InChI is InChI=1S/C14H26N4O/c1-4-6-13-16-14(19-17-13)10-18(11(2)3)9-12-7-5-8-15-12/h11-12,15H,4-10H2,1-3H3. The lowest BCUT2D eigenvalue weighted by molar-refractivity contribution is 0.170. The maximum Gasteiger partial charge on any atom is 0.240 e. The average molecular weight is 266 g/mol. The van der Waals surface area contributed by atoms with Crippen molar-refractivity contribution in [3.05, 3.63) is 11.7 Å². The number of nitrogens with zero attached hydrogens (tertiary/aromatic N) is 3. The molecule has 1 aliphatic heterocycles. The van der Waals surface area contributed by atoms with Crippen LogP contribution in [0.15, 0.2) is 4.52 Å². The van der Waals surface area contributed by atoms with Gasteiger partial charge >= 0.3 is 0 Å². The predicted octanol–water partition coefficient (Wildman–Crippen LogP) is 1.98. The second kappa shape index (κ2) is 7.01. The molecule has 1 aliphatic rings. The van der Waals surface area contributed by atoms with E-state index in [4.69, 9.17) is 4.52 Å². The quantitative estimate of drug-likeness (QED) is 0.818. The second-order valence-corrected chi connectivity index (χ2v) is 5.67. The molecule has 1 unspecified atom stereocenters. The van der Waals surface area contributed by atoms with Gasteiger partial charge in [0.1, 0.15) is 0 Å². The van der Waals surface area contributed by atoms with Crippen LogP contribution in [-0.2, 0) is 13.0 Å². The number of nitrogens with one attached hydrogen (secondary N) is 1. The maximum absolute atomic E-state index is 5.34. The van der Waals surface area contributed by atoms with E-state index >= 15 is 0 Å². The predicted molar refractivity (Wildman–Crippen MR) is 74.9 cm³/mol. The number of hydrogen-bond acceptors (Lipinski definition) is 5. The third kappa shape index (κ3) is 4.28. The average Bonchev–Trinajstić information content (AvgIpc) is 3.01. The zero-order valence-electron chi connectivity index (χ0n) is 12.4. The first-order valence-corrected chi connectivity index (χ1v) is 7.48. The summed E-state index contributed by atoms with van der Waals surface area (Å²) in [5.41, 5.74) is 0. The largest absolute Gasteiger partial charge is 0.338 e. The molecule has 1 saturated heterocycles. The van der Waals surface area contributed by atoms with Crippen molar-refractivity contribution in [1.82, 2.24) is 20.4 Å². The molecule has 5 nitrogen and oxygen atoms in total. The molecule has 2 heterocycles. The van der Waals surface area contributed by atoms with Gasteiger partial charge in [0.15, 0.2) is 5.82 Å². The summed E-state index contributed by atoms with van der Waals surface area (Å²) in [4.78, 5) is 6.87. The minimum absolute atomic E-state index is 0.490. The number of aromatic nitrogens is 2. The Kier molecular flexibility index (Phi) is 5.34. The van der Waals surface area contributed by atoms with Crippen molar-refractivity contribution in [2.24, 2.45) is 0 Å². The summed E-state index contributed by atoms with van der Waals surface area (Å²) in [5, 5.41) is 7.57. The van der Waals surface area contributed by atoms with E-state index in [-0.39, 0.29) is 0 Å². The van der Waals surface area contributed by atoms with Crippen molar-refractivity contribution < 1.29 is 4.52 Å². The molecule has 0 radical (unpaired) electrons. The van der Waals surface area contributed by atoms with E-state index in [9.17, 15) is 0 Å². The molecule has 5 heteroatoms.